The summed E-state index contributed by atoms with van der Waals surface area (Å²) in [7, 11) is 2.10. The zero-order chi connectivity index (χ0) is 18.9. The number of carbonyl (C=O) groups excluding carboxylic acids is 1. The van der Waals surface area contributed by atoms with Crippen LogP contribution in [-0.2, 0) is 11.2 Å². The molecule has 0 aliphatic carbocycles. The first-order valence-electron chi connectivity index (χ1n) is 9.40. The van der Waals surface area contributed by atoms with Crippen LogP contribution in [0.25, 0.3) is 0 Å². The average Bonchev–Trinajstić information content (AvgIpc) is 3.24. The molecule has 2 aromatic rings. The number of fused-ring (bicyclic) bond motifs is 3. The van der Waals surface area contributed by atoms with Crippen LogP contribution in [0.4, 0.5) is 0 Å². The van der Waals surface area contributed by atoms with Gasteiger partial charge in [0.2, 0.25) is 6.79 Å². The van der Waals surface area contributed by atoms with Crippen LogP contribution in [0.15, 0.2) is 18.2 Å². The van der Waals surface area contributed by atoms with E-state index in [2.05, 4.69) is 37.1 Å². The van der Waals surface area contributed by atoms with Crippen molar-refractivity contribution < 1.29 is 19.0 Å². The third-order valence-corrected chi connectivity index (χ3v) is 6.34. The second-order valence-electron chi connectivity index (χ2n) is 7.78. The predicted octanol–water partition coefficient (Wildman–Crippen LogP) is 3.40. The summed E-state index contributed by atoms with van der Waals surface area (Å²) in [5, 5.41) is 0. The van der Waals surface area contributed by atoms with Crippen molar-refractivity contribution in [3.8, 4) is 11.5 Å². The van der Waals surface area contributed by atoms with Gasteiger partial charge in [0.05, 0.1) is 11.6 Å². The zero-order valence-electron chi connectivity index (χ0n) is 16.7. The van der Waals surface area contributed by atoms with Gasteiger partial charge in [-0.3, -0.25) is 4.90 Å². The second-order valence-corrected chi connectivity index (χ2v) is 7.78. The molecule has 6 heteroatoms. The molecule has 2 atom stereocenters. The largest absolute Gasteiger partial charge is 0.454 e. The Hall–Kier alpha value is -2.47. The molecule has 0 bridgehead atoms. The molecular weight excluding hydrogens is 353 g/mol. The summed E-state index contributed by atoms with van der Waals surface area (Å²) in [6, 6.07) is 6.20. The van der Waals surface area contributed by atoms with Crippen molar-refractivity contribution in [2.75, 3.05) is 20.4 Å². The SMILES string of the molecule is Cc1ccc2c(c1C)C(=O)OC2[C@H]1c2c(cc3c(c2C)OCO3)CCN1C.[B]. The lowest BCUT2D eigenvalue weighted by Crippen LogP contribution is -2.36. The van der Waals surface area contributed by atoms with E-state index < -0.39 is 0 Å². The molecule has 1 unspecified atom stereocenters. The number of benzene rings is 2. The molecule has 0 saturated heterocycles. The molecule has 0 amide bonds. The molecule has 3 radical (unpaired) electrons. The highest BCUT2D eigenvalue weighted by molar-refractivity contribution is 5.96. The fourth-order valence-electron chi connectivity index (χ4n) is 4.76. The van der Waals surface area contributed by atoms with E-state index in [1.54, 1.807) is 0 Å². The van der Waals surface area contributed by atoms with E-state index in [0.717, 1.165) is 52.3 Å². The highest BCUT2D eigenvalue weighted by Gasteiger charge is 2.44. The Kier molecular flexibility index (Phi) is 4.42. The summed E-state index contributed by atoms with van der Waals surface area (Å²) in [6.07, 6.45) is 0.634. The van der Waals surface area contributed by atoms with E-state index in [1.165, 1.54) is 11.1 Å². The number of nitrogens with zero attached hydrogens (tertiary/aromatic N) is 1. The van der Waals surface area contributed by atoms with Gasteiger partial charge in [-0.2, -0.15) is 0 Å². The molecule has 0 saturated carbocycles. The number of hydrogen-bond acceptors (Lipinski definition) is 5. The number of aryl methyl sites for hydroxylation is 1. The van der Waals surface area contributed by atoms with E-state index in [0.29, 0.717) is 0 Å². The Morgan fingerprint density at radius 2 is 1.89 bits per heavy atom. The summed E-state index contributed by atoms with van der Waals surface area (Å²) in [5.41, 5.74) is 7.41. The maximum absolute atomic E-state index is 12.7. The van der Waals surface area contributed by atoms with Gasteiger partial charge < -0.3 is 14.2 Å². The Morgan fingerprint density at radius 1 is 1.11 bits per heavy atom. The molecule has 3 heterocycles. The molecule has 143 valence electrons. The Morgan fingerprint density at radius 3 is 2.68 bits per heavy atom. The average molecular weight is 376 g/mol. The van der Waals surface area contributed by atoms with Gasteiger partial charge in [-0.1, -0.05) is 12.1 Å². The van der Waals surface area contributed by atoms with Gasteiger partial charge in [0.15, 0.2) is 11.5 Å². The first-order chi connectivity index (χ1) is 13.0. The molecule has 5 rings (SSSR count). The number of cyclic esters (lactones) is 1. The predicted molar refractivity (Wildman–Crippen MR) is 106 cm³/mol. The molecule has 5 nitrogen and oxygen atoms in total. The molecule has 3 aliphatic rings. The Balaban J connectivity index is 0.00000192. The van der Waals surface area contributed by atoms with Gasteiger partial charge >= 0.3 is 5.97 Å². The number of likely N-dealkylation sites (N-methyl/N-ethyl adjacent to an activating group) is 1. The summed E-state index contributed by atoms with van der Waals surface area (Å²) < 4.78 is 17.3. The molecule has 0 N–H and O–H groups in total. The van der Waals surface area contributed by atoms with Crippen molar-refractivity contribution in [3.63, 3.8) is 0 Å². The van der Waals surface area contributed by atoms with Crippen LogP contribution in [0, 0.1) is 20.8 Å². The monoisotopic (exact) mass is 376 g/mol. The third-order valence-electron chi connectivity index (χ3n) is 6.34. The van der Waals surface area contributed by atoms with Crippen LogP contribution >= 0.6 is 0 Å². The lowest BCUT2D eigenvalue weighted by atomic mass is 9.83. The van der Waals surface area contributed by atoms with Gasteiger partial charge in [-0.05, 0) is 62.6 Å². The topological polar surface area (TPSA) is 48.0 Å². The van der Waals surface area contributed by atoms with Gasteiger partial charge in [-0.15, -0.1) is 0 Å². The molecular formula is C22H23BNO4. The van der Waals surface area contributed by atoms with Crippen molar-refractivity contribution in [3.05, 3.63) is 57.1 Å². The van der Waals surface area contributed by atoms with Crippen molar-refractivity contribution in [1.82, 2.24) is 4.90 Å². The minimum atomic E-state index is -0.310. The van der Waals surface area contributed by atoms with E-state index in [4.69, 9.17) is 14.2 Å². The van der Waals surface area contributed by atoms with Gasteiger partial charge in [0.1, 0.15) is 6.10 Å². The van der Waals surface area contributed by atoms with E-state index in [9.17, 15) is 4.79 Å². The fraction of sp³-hybridized carbons (Fsp3) is 0.409. The van der Waals surface area contributed by atoms with Gasteiger partial charge in [-0.25, -0.2) is 4.79 Å². The molecule has 0 spiro atoms. The quantitative estimate of drug-likeness (QED) is 0.564. The van der Waals surface area contributed by atoms with Gasteiger partial charge in [0, 0.05) is 26.1 Å². The lowest BCUT2D eigenvalue weighted by Gasteiger charge is -2.38. The minimum absolute atomic E-state index is 0. The van der Waals surface area contributed by atoms with Crippen molar-refractivity contribution in [2.45, 2.75) is 39.3 Å². The van der Waals surface area contributed by atoms with Crippen molar-refractivity contribution in [1.29, 1.82) is 0 Å². The molecule has 0 fully saturated rings. The standard InChI is InChI=1S/C22H23NO4.B/c1-11-5-6-15-18(12(11)2)22(24)27-21(15)19-17-13(3)20-16(25-10-26-20)9-14(17)7-8-23(19)4;/h5-6,9,19,21H,7-8,10H2,1-4H3;/t19-,21?;/m1./s1. The lowest BCUT2D eigenvalue weighted by molar-refractivity contribution is 0.00924. The number of rotatable bonds is 1. The second kappa shape index (κ2) is 6.55. The van der Waals surface area contributed by atoms with E-state index in [-0.39, 0.29) is 33.3 Å². The van der Waals surface area contributed by atoms with Gasteiger partial charge in [0.25, 0.3) is 0 Å². The fourth-order valence-corrected chi connectivity index (χ4v) is 4.76. The number of carbonyl (C=O) groups is 1. The van der Waals surface area contributed by atoms with Crippen LogP contribution in [0.3, 0.4) is 0 Å². The molecule has 3 aliphatic heterocycles. The highest BCUT2D eigenvalue weighted by atomic mass is 16.7. The number of hydrogen-bond donors (Lipinski definition) is 0. The number of ether oxygens (including phenoxy) is 3. The number of esters is 1. The summed E-state index contributed by atoms with van der Waals surface area (Å²) >= 11 is 0. The summed E-state index contributed by atoms with van der Waals surface area (Å²) in [6.45, 7) is 7.28. The van der Waals surface area contributed by atoms with E-state index in [1.807, 2.05) is 13.8 Å². The summed E-state index contributed by atoms with van der Waals surface area (Å²) in [4.78, 5) is 15.0. The van der Waals surface area contributed by atoms with Crippen molar-refractivity contribution >= 4 is 14.4 Å². The molecule has 2 aromatic carbocycles. The zero-order valence-corrected chi connectivity index (χ0v) is 16.7. The Bertz CT molecular complexity index is 987. The summed E-state index contributed by atoms with van der Waals surface area (Å²) in [5.74, 6) is 1.43. The van der Waals surface area contributed by atoms with Crippen LogP contribution in [0.2, 0.25) is 0 Å². The first-order valence-corrected chi connectivity index (χ1v) is 9.40. The minimum Gasteiger partial charge on any atom is -0.454 e. The maximum Gasteiger partial charge on any atom is 0.339 e. The Labute approximate surface area is 167 Å². The molecule has 28 heavy (non-hydrogen) atoms. The van der Waals surface area contributed by atoms with E-state index >= 15 is 0 Å². The van der Waals surface area contributed by atoms with Crippen LogP contribution in [0.1, 0.15) is 55.9 Å². The normalized spacial score (nSPS) is 22.4. The van der Waals surface area contributed by atoms with Crippen LogP contribution in [0.5, 0.6) is 11.5 Å². The van der Waals surface area contributed by atoms with Crippen LogP contribution < -0.4 is 9.47 Å². The first kappa shape index (κ1) is 18.9. The van der Waals surface area contributed by atoms with Crippen molar-refractivity contribution in [2.24, 2.45) is 0 Å². The molecule has 0 aromatic heterocycles. The highest BCUT2D eigenvalue weighted by Crippen LogP contribution is 2.50. The maximum atomic E-state index is 12.7. The van der Waals surface area contributed by atoms with Crippen LogP contribution in [-0.4, -0.2) is 39.7 Å². The smallest absolute Gasteiger partial charge is 0.339 e. The third kappa shape index (κ3) is 2.47.